The summed E-state index contributed by atoms with van der Waals surface area (Å²) < 4.78 is 42.9. The van der Waals surface area contributed by atoms with Crippen LogP contribution in [0.25, 0.3) is 0 Å². The molecule has 1 rings (SSSR count). The highest BCUT2D eigenvalue weighted by molar-refractivity contribution is 7.89. The van der Waals surface area contributed by atoms with Gasteiger partial charge in [-0.05, 0) is 30.7 Å². The Kier molecular flexibility index (Phi) is 5.02. The van der Waals surface area contributed by atoms with E-state index in [2.05, 4.69) is 4.74 Å². The molecule has 0 amide bonds. The van der Waals surface area contributed by atoms with Crippen molar-refractivity contribution in [2.75, 3.05) is 20.7 Å². The van der Waals surface area contributed by atoms with Crippen LogP contribution in [0.5, 0.6) is 0 Å². The summed E-state index contributed by atoms with van der Waals surface area (Å²) in [5, 5.41) is 0. The number of carbonyl (C=O) groups excluding carboxylic acids is 1. The number of methoxy groups -OCH3 is 1. The van der Waals surface area contributed by atoms with Crippen molar-refractivity contribution in [3.8, 4) is 0 Å². The van der Waals surface area contributed by atoms with Gasteiger partial charge in [-0.2, -0.15) is 0 Å². The molecule has 0 aromatic heterocycles. The topological polar surface area (TPSA) is 63.7 Å². The van der Waals surface area contributed by atoms with E-state index in [1.54, 1.807) is 0 Å². The highest BCUT2D eigenvalue weighted by Crippen LogP contribution is 2.19. The molecule has 0 spiro atoms. The predicted molar refractivity (Wildman–Crippen MR) is 67.6 cm³/mol. The number of esters is 1. The first-order valence-electron chi connectivity index (χ1n) is 5.58. The largest absolute Gasteiger partial charge is 0.469 e. The van der Waals surface area contributed by atoms with Crippen molar-refractivity contribution in [1.29, 1.82) is 0 Å². The number of rotatable bonds is 5. The van der Waals surface area contributed by atoms with Crippen LogP contribution in [0.2, 0.25) is 0 Å². The molecule has 0 heterocycles. The minimum atomic E-state index is -3.73. The highest BCUT2D eigenvalue weighted by atomic mass is 32.2. The van der Waals surface area contributed by atoms with Crippen molar-refractivity contribution >= 4 is 16.0 Å². The van der Waals surface area contributed by atoms with Gasteiger partial charge < -0.3 is 4.74 Å². The lowest BCUT2D eigenvalue weighted by Crippen LogP contribution is -2.30. The summed E-state index contributed by atoms with van der Waals surface area (Å²) in [6.45, 7) is 1.52. The number of benzene rings is 1. The number of aryl methyl sites for hydroxylation is 1. The second-order valence-corrected chi connectivity index (χ2v) is 6.08. The summed E-state index contributed by atoms with van der Waals surface area (Å²) in [6, 6.07) is 3.46. The molecule has 0 unspecified atom stereocenters. The van der Waals surface area contributed by atoms with Crippen LogP contribution in [0.15, 0.2) is 23.1 Å². The quantitative estimate of drug-likeness (QED) is 0.767. The third kappa shape index (κ3) is 3.74. The lowest BCUT2D eigenvalue weighted by atomic mass is 10.2. The van der Waals surface area contributed by atoms with E-state index >= 15 is 0 Å². The molecule has 0 aliphatic carbocycles. The Labute approximate surface area is 112 Å². The molecular formula is C12H16FNO4S. The van der Waals surface area contributed by atoms with Gasteiger partial charge in [0, 0.05) is 13.6 Å². The minimum absolute atomic E-state index is 0.00578. The lowest BCUT2D eigenvalue weighted by Gasteiger charge is -2.17. The molecular weight excluding hydrogens is 273 g/mol. The summed E-state index contributed by atoms with van der Waals surface area (Å²) >= 11 is 0. The highest BCUT2D eigenvalue weighted by Gasteiger charge is 2.23. The molecule has 0 bridgehead atoms. The van der Waals surface area contributed by atoms with Gasteiger partial charge in [-0.3, -0.25) is 4.79 Å². The lowest BCUT2D eigenvalue weighted by molar-refractivity contribution is -0.140. The van der Waals surface area contributed by atoms with Gasteiger partial charge in [-0.1, -0.05) is 0 Å². The predicted octanol–water partition coefficient (Wildman–Crippen LogP) is 1.32. The van der Waals surface area contributed by atoms with E-state index in [4.69, 9.17) is 0 Å². The molecule has 7 heteroatoms. The second-order valence-electron chi connectivity index (χ2n) is 4.06. The fourth-order valence-corrected chi connectivity index (χ4v) is 2.91. The van der Waals surface area contributed by atoms with Crippen LogP contribution < -0.4 is 0 Å². The summed E-state index contributed by atoms with van der Waals surface area (Å²) in [5.41, 5.74) is 0.324. The maximum Gasteiger partial charge on any atom is 0.306 e. The average Bonchev–Trinajstić information content (AvgIpc) is 2.34. The van der Waals surface area contributed by atoms with E-state index < -0.39 is 21.8 Å². The van der Waals surface area contributed by atoms with E-state index in [0.717, 1.165) is 16.4 Å². The monoisotopic (exact) mass is 289 g/mol. The van der Waals surface area contributed by atoms with Gasteiger partial charge in [0.1, 0.15) is 5.82 Å². The number of sulfonamides is 1. The number of halogens is 1. The normalized spacial score (nSPS) is 11.6. The molecule has 5 nitrogen and oxygen atoms in total. The minimum Gasteiger partial charge on any atom is -0.469 e. The number of hydrogen-bond acceptors (Lipinski definition) is 4. The zero-order chi connectivity index (χ0) is 14.6. The molecule has 1 aromatic carbocycles. The van der Waals surface area contributed by atoms with Crippen molar-refractivity contribution < 1.29 is 22.3 Å². The molecule has 0 fully saturated rings. The van der Waals surface area contributed by atoms with E-state index in [1.165, 1.54) is 27.1 Å². The maximum atomic E-state index is 13.0. The molecule has 1 aromatic rings. The van der Waals surface area contributed by atoms with Crippen molar-refractivity contribution in [3.63, 3.8) is 0 Å². The average molecular weight is 289 g/mol. The van der Waals surface area contributed by atoms with Gasteiger partial charge >= 0.3 is 5.97 Å². The molecule has 0 radical (unpaired) electrons. The molecule has 0 atom stereocenters. The zero-order valence-electron chi connectivity index (χ0n) is 11.0. The Balaban J connectivity index is 2.94. The van der Waals surface area contributed by atoms with E-state index in [9.17, 15) is 17.6 Å². The number of nitrogens with zero attached hydrogens (tertiary/aromatic N) is 1. The van der Waals surface area contributed by atoms with Gasteiger partial charge in [0.25, 0.3) is 0 Å². The summed E-state index contributed by atoms with van der Waals surface area (Å²) in [5.74, 6) is -0.980. The zero-order valence-corrected chi connectivity index (χ0v) is 11.8. The number of hydrogen-bond donors (Lipinski definition) is 0. The smallest absolute Gasteiger partial charge is 0.306 e. The summed E-state index contributed by atoms with van der Waals surface area (Å²) in [7, 11) is -1.13. The number of carbonyl (C=O) groups is 1. The SMILES string of the molecule is COC(=O)CCN(C)S(=O)(=O)c1ccc(F)cc1C. The standard InChI is InChI=1S/C12H16FNO4S/c1-9-8-10(13)4-5-11(9)19(16,17)14(2)7-6-12(15)18-3/h4-5,8H,6-7H2,1-3H3. The maximum absolute atomic E-state index is 13.0. The fourth-order valence-electron chi connectivity index (χ4n) is 1.54. The van der Waals surface area contributed by atoms with E-state index in [-0.39, 0.29) is 17.9 Å². The Morgan fingerprint density at radius 3 is 2.58 bits per heavy atom. The van der Waals surface area contributed by atoms with E-state index in [0.29, 0.717) is 5.56 Å². The third-order valence-electron chi connectivity index (χ3n) is 2.68. The van der Waals surface area contributed by atoms with Crippen LogP contribution in [0.1, 0.15) is 12.0 Å². The van der Waals surface area contributed by atoms with Crippen molar-refractivity contribution in [1.82, 2.24) is 4.31 Å². The molecule has 19 heavy (non-hydrogen) atoms. The van der Waals surface area contributed by atoms with Crippen LogP contribution in [0.3, 0.4) is 0 Å². The summed E-state index contributed by atoms with van der Waals surface area (Å²) in [6.07, 6.45) is -0.0352. The van der Waals surface area contributed by atoms with Crippen LogP contribution >= 0.6 is 0 Å². The van der Waals surface area contributed by atoms with Gasteiger partial charge in [0.05, 0.1) is 18.4 Å². The number of ether oxygens (including phenoxy) is 1. The Morgan fingerprint density at radius 2 is 2.05 bits per heavy atom. The van der Waals surface area contributed by atoms with Crippen LogP contribution in [-0.4, -0.2) is 39.4 Å². The van der Waals surface area contributed by atoms with E-state index in [1.807, 2.05) is 0 Å². The Morgan fingerprint density at radius 1 is 1.42 bits per heavy atom. The van der Waals surface area contributed by atoms with Crippen LogP contribution in [-0.2, 0) is 19.6 Å². The van der Waals surface area contributed by atoms with Gasteiger partial charge in [-0.15, -0.1) is 0 Å². The third-order valence-corrected chi connectivity index (χ3v) is 4.70. The van der Waals surface area contributed by atoms with Crippen molar-refractivity contribution in [2.45, 2.75) is 18.2 Å². The molecule has 0 aliphatic heterocycles. The van der Waals surface area contributed by atoms with Crippen molar-refractivity contribution in [3.05, 3.63) is 29.6 Å². The Bertz CT molecular complexity index is 571. The first-order chi connectivity index (χ1) is 8.78. The van der Waals surface area contributed by atoms with Gasteiger partial charge in [0.2, 0.25) is 10.0 Å². The first-order valence-corrected chi connectivity index (χ1v) is 7.02. The molecule has 0 saturated carbocycles. The summed E-state index contributed by atoms with van der Waals surface area (Å²) in [4.78, 5) is 11.0. The molecule has 106 valence electrons. The molecule has 0 aliphatic rings. The van der Waals surface area contributed by atoms with Crippen LogP contribution in [0.4, 0.5) is 4.39 Å². The van der Waals surface area contributed by atoms with Gasteiger partial charge in [0.15, 0.2) is 0 Å². The molecule has 0 saturated heterocycles. The van der Waals surface area contributed by atoms with Gasteiger partial charge in [-0.25, -0.2) is 17.1 Å². The van der Waals surface area contributed by atoms with Crippen molar-refractivity contribution in [2.24, 2.45) is 0 Å². The second kappa shape index (κ2) is 6.12. The fraction of sp³-hybridized carbons (Fsp3) is 0.417. The Hall–Kier alpha value is -1.47. The first kappa shape index (κ1) is 15.6. The van der Waals surface area contributed by atoms with Crippen LogP contribution in [0, 0.1) is 12.7 Å². The molecule has 0 N–H and O–H groups in total.